The highest BCUT2D eigenvalue weighted by Crippen LogP contribution is 2.18. The van der Waals surface area contributed by atoms with Crippen LogP contribution in [-0.2, 0) is 0 Å². The minimum absolute atomic E-state index is 0.0823. The number of oxime groups is 1. The summed E-state index contributed by atoms with van der Waals surface area (Å²) >= 11 is 1.40. The maximum Gasteiger partial charge on any atom is 0.165 e. The number of hydrogen-bond donors (Lipinski definition) is 3. The fourth-order valence-electron chi connectivity index (χ4n) is 0.624. The lowest BCUT2D eigenvalue weighted by Gasteiger charge is -2.05. The van der Waals surface area contributed by atoms with E-state index < -0.39 is 0 Å². The Kier molecular flexibility index (Phi) is 2.98. The van der Waals surface area contributed by atoms with Crippen molar-refractivity contribution >= 4 is 17.6 Å². The van der Waals surface area contributed by atoms with E-state index in [0.717, 1.165) is 5.16 Å². The summed E-state index contributed by atoms with van der Waals surface area (Å²) < 4.78 is 0. The fraction of sp³-hybridized carbons (Fsp3) is 0.333. The van der Waals surface area contributed by atoms with Gasteiger partial charge in [-0.25, -0.2) is 4.98 Å². The molecule has 1 rings (SSSR count). The van der Waals surface area contributed by atoms with Gasteiger partial charge in [0.25, 0.3) is 0 Å². The highest BCUT2D eigenvalue weighted by Gasteiger charge is 2.10. The van der Waals surface area contributed by atoms with Crippen LogP contribution in [0.25, 0.3) is 0 Å². The summed E-state index contributed by atoms with van der Waals surface area (Å²) in [5.74, 6) is 0.191. The Balaban J connectivity index is 2.53. The summed E-state index contributed by atoms with van der Waals surface area (Å²) in [4.78, 5) is 6.89. The van der Waals surface area contributed by atoms with Gasteiger partial charge in [0.2, 0.25) is 0 Å². The molecule has 1 aromatic rings. The third kappa shape index (κ3) is 2.16. The average Bonchev–Trinajstić information content (AvgIpc) is 2.55. The first-order chi connectivity index (χ1) is 5.74. The van der Waals surface area contributed by atoms with Crippen LogP contribution < -0.4 is 5.73 Å². The third-order valence-electron chi connectivity index (χ3n) is 1.29. The zero-order valence-corrected chi connectivity index (χ0v) is 7.38. The minimum atomic E-state index is -0.0823. The summed E-state index contributed by atoms with van der Waals surface area (Å²) in [6.07, 6.45) is 3.38. The Labute approximate surface area is 74.1 Å². The van der Waals surface area contributed by atoms with Crippen molar-refractivity contribution in [1.82, 2.24) is 9.97 Å². The second kappa shape index (κ2) is 4.01. The van der Waals surface area contributed by atoms with Crippen LogP contribution in [0.1, 0.15) is 6.92 Å². The molecule has 6 heteroatoms. The summed E-state index contributed by atoms with van der Waals surface area (Å²) in [6.45, 7) is 1.84. The topological polar surface area (TPSA) is 87.3 Å². The molecule has 12 heavy (non-hydrogen) atoms. The first-order valence-corrected chi connectivity index (χ1v) is 4.25. The summed E-state index contributed by atoms with van der Waals surface area (Å²) in [7, 11) is 0. The number of H-pyrrole nitrogens is 1. The van der Waals surface area contributed by atoms with E-state index in [0.29, 0.717) is 0 Å². The monoisotopic (exact) mass is 186 g/mol. The predicted molar refractivity (Wildman–Crippen MR) is 47.3 cm³/mol. The summed E-state index contributed by atoms with van der Waals surface area (Å²) in [5, 5.41) is 11.9. The molecule has 0 radical (unpaired) electrons. The molecule has 4 N–H and O–H groups in total. The first kappa shape index (κ1) is 8.92. The van der Waals surface area contributed by atoms with Gasteiger partial charge in [-0.1, -0.05) is 16.9 Å². The van der Waals surface area contributed by atoms with E-state index >= 15 is 0 Å². The molecule has 1 heterocycles. The van der Waals surface area contributed by atoms with Crippen molar-refractivity contribution in [3.8, 4) is 0 Å². The smallest absolute Gasteiger partial charge is 0.165 e. The van der Waals surface area contributed by atoms with Crippen LogP contribution in [0, 0.1) is 0 Å². The lowest BCUT2D eigenvalue weighted by molar-refractivity contribution is 0.317. The lowest BCUT2D eigenvalue weighted by Crippen LogP contribution is -2.23. The Morgan fingerprint density at radius 3 is 3.17 bits per heavy atom. The van der Waals surface area contributed by atoms with Crippen molar-refractivity contribution in [1.29, 1.82) is 0 Å². The van der Waals surface area contributed by atoms with Crippen LogP contribution in [0.3, 0.4) is 0 Å². The third-order valence-corrected chi connectivity index (χ3v) is 2.34. The van der Waals surface area contributed by atoms with E-state index in [1.807, 2.05) is 6.92 Å². The number of imidazole rings is 1. The molecule has 0 spiro atoms. The molecular weight excluding hydrogens is 176 g/mol. The maximum absolute atomic E-state index is 8.35. The Bertz CT molecular complexity index is 259. The number of nitrogens with two attached hydrogens (primary N) is 1. The number of nitrogens with one attached hydrogen (secondary N) is 1. The SMILES string of the molecule is CC(Sc1ncc[nH]1)/C(N)=N/O. The molecule has 0 saturated heterocycles. The van der Waals surface area contributed by atoms with Gasteiger partial charge in [-0.05, 0) is 6.92 Å². The largest absolute Gasteiger partial charge is 0.409 e. The molecule has 0 aromatic carbocycles. The fourth-order valence-corrected chi connectivity index (χ4v) is 1.38. The molecular formula is C6H10N4OS. The van der Waals surface area contributed by atoms with Gasteiger partial charge < -0.3 is 15.9 Å². The predicted octanol–water partition coefficient (Wildman–Crippen LogP) is 0.637. The molecule has 0 bridgehead atoms. The molecule has 5 nitrogen and oxygen atoms in total. The van der Waals surface area contributed by atoms with Gasteiger partial charge in [-0.15, -0.1) is 0 Å². The highest BCUT2D eigenvalue weighted by atomic mass is 32.2. The number of thioether (sulfide) groups is 1. The maximum atomic E-state index is 8.35. The number of aromatic amines is 1. The number of aromatic nitrogens is 2. The first-order valence-electron chi connectivity index (χ1n) is 3.37. The van der Waals surface area contributed by atoms with E-state index in [2.05, 4.69) is 15.1 Å². The van der Waals surface area contributed by atoms with E-state index in [9.17, 15) is 0 Å². The highest BCUT2D eigenvalue weighted by molar-refractivity contribution is 8.00. The summed E-state index contributed by atoms with van der Waals surface area (Å²) in [6, 6.07) is 0. The van der Waals surface area contributed by atoms with Crippen molar-refractivity contribution < 1.29 is 5.21 Å². The van der Waals surface area contributed by atoms with Crippen LogP contribution >= 0.6 is 11.8 Å². The normalized spacial score (nSPS) is 14.6. The summed E-state index contributed by atoms with van der Waals surface area (Å²) in [5.41, 5.74) is 5.37. The molecule has 1 unspecified atom stereocenters. The zero-order valence-electron chi connectivity index (χ0n) is 6.56. The molecule has 0 fully saturated rings. The molecule has 0 aliphatic heterocycles. The number of amidine groups is 1. The van der Waals surface area contributed by atoms with Gasteiger partial charge >= 0.3 is 0 Å². The average molecular weight is 186 g/mol. The van der Waals surface area contributed by atoms with E-state index in [1.165, 1.54) is 11.8 Å². The van der Waals surface area contributed by atoms with Crippen LogP contribution in [-0.4, -0.2) is 26.3 Å². The van der Waals surface area contributed by atoms with Gasteiger partial charge in [-0.2, -0.15) is 0 Å². The van der Waals surface area contributed by atoms with Gasteiger partial charge in [0, 0.05) is 12.4 Å². The molecule has 0 aliphatic rings. The molecule has 1 atom stereocenters. The van der Waals surface area contributed by atoms with E-state index in [-0.39, 0.29) is 11.1 Å². The second-order valence-electron chi connectivity index (χ2n) is 2.18. The number of rotatable bonds is 3. The molecule has 0 saturated carbocycles. The van der Waals surface area contributed by atoms with Gasteiger partial charge in [0.05, 0.1) is 5.25 Å². The van der Waals surface area contributed by atoms with Crippen molar-refractivity contribution in [2.45, 2.75) is 17.3 Å². The van der Waals surface area contributed by atoms with Crippen LogP contribution in [0.5, 0.6) is 0 Å². The van der Waals surface area contributed by atoms with Crippen molar-refractivity contribution in [3.63, 3.8) is 0 Å². The Morgan fingerprint density at radius 2 is 2.67 bits per heavy atom. The van der Waals surface area contributed by atoms with Crippen LogP contribution in [0.2, 0.25) is 0 Å². The minimum Gasteiger partial charge on any atom is -0.409 e. The van der Waals surface area contributed by atoms with Crippen LogP contribution in [0.4, 0.5) is 0 Å². The van der Waals surface area contributed by atoms with Crippen molar-refractivity contribution in [2.75, 3.05) is 0 Å². The van der Waals surface area contributed by atoms with Gasteiger partial charge in [0.15, 0.2) is 11.0 Å². The molecule has 1 aromatic heterocycles. The van der Waals surface area contributed by atoms with Gasteiger partial charge in [0.1, 0.15) is 0 Å². The molecule has 0 amide bonds. The van der Waals surface area contributed by atoms with Crippen molar-refractivity contribution in [2.24, 2.45) is 10.9 Å². The van der Waals surface area contributed by atoms with E-state index in [4.69, 9.17) is 10.9 Å². The number of nitrogens with zero attached hydrogens (tertiary/aromatic N) is 2. The second-order valence-corrected chi connectivity index (χ2v) is 3.51. The lowest BCUT2D eigenvalue weighted by atomic mass is 10.4. The van der Waals surface area contributed by atoms with E-state index in [1.54, 1.807) is 12.4 Å². The molecule has 66 valence electrons. The Hall–Kier alpha value is -1.17. The van der Waals surface area contributed by atoms with Crippen molar-refractivity contribution in [3.05, 3.63) is 12.4 Å². The molecule has 0 aliphatic carbocycles. The number of hydrogen-bond acceptors (Lipinski definition) is 4. The van der Waals surface area contributed by atoms with Gasteiger partial charge in [-0.3, -0.25) is 0 Å². The Morgan fingerprint density at radius 1 is 1.92 bits per heavy atom. The quantitative estimate of drug-likeness (QED) is 0.212. The van der Waals surface area contributed by atoms with Crippen LogP contribution in [0.15, 0.2) is 22.7 Å². The zero-order chi connectivity index (χ0) is 8.97. The standard InChI is InChI=1S/C6H10N4OS/c1-4(5(7)10-11)12-6-8-2-3-9-6/h2-4,11H,1H3,(H2,7,10)(H,8,9).